The van der Waals surface area contributed by atoms with Gasteiger partial charge in [-0.25, -0.2) is 0 Å². The van der Waals surface area contributed by atoms with Crippen molar-refractivity contribution in [2.24, 2.45) is 0 Å². The Hall–Kier alpha value is -1.61. The number of methoxy groups -OCH3 is 1. The highest BCUT2D eigenvalue weighted by molar-refractivity contribution is 6.35. The van der Waals surface area contributed by atoms with Crippen LogP contribution < -0.4 is 0 Å². The number of rotatable bonds is 2. The molecule has 0 aliphatic heterocycles. The number of esters is 1. The maximum Gasteiger partial charge on any atom is 0.309 e. The zero-order valence-corrected chi connectivity index (χ0v) is 9.49. The monoisotopic (exact) mass is 235 g/mol. The average molecular weight is 236 g/mol. The minimum Gasteiger partial charge on any atom is -0.469 e. The molecular weight excluding hydrogens is 226 g/mol. The van der Waals surface area contributed by atoms with Gasteiger partial charge in [-0.3, -0.25) is 9.78 Å². The maximum absolute atomic E-state index is 11.1. The van der Waals surface area contributed by atoms with Gasteiger partial charge in [-0.15, -0.1) is 0 Å². The quantitative estimate of drug-likeness (QED) is 0.751. The molecule has 0 aliphatic carbocycles. The average Bonchev–Trinajstić information content (AvgIpc) is 2.30. The van der Waals surface area contributed by atoms with Crippen molar-refractivity contribution < 1.29 is 9.53 Å². The topological polar surface area (TPSA) is 39.2 Å². The Morgan fingerprint density at radius 3 is 3.00 bits per heavy atom. The normalized spacial score (nSPS) is 10.4. The van der Waals surface area contributed by atoms with Gasteiger partial charge in [-0.2, -0.15) is 0 Å². The van der Waals surface area contributed by atoms with Crippen LogP contribution in [0.25, 0.3) is 10.9 Å². The minimum absolute atomic E-state index is 0.248. The molecule has 0 radical (unpaired) electrons. The van der Waals surface area contributed by atoms with E-state index in [1.54, 1.807) is 12.3 Å². The molecule has 1 heterocycles. The van der Waals surface area contributed by atoms with Gasteiger partial charge in [0.15, 0.2) is 0 Å². The van der Waals surface area contributed by atoms with Gasteiger partial charge in [0.2, 0.25) is 0 Å². The van der Waals surface area contributed by atoms with E-state index in [1.807, 2.05) is 18.2 Å². The summed E-state index contributed by atoms with van der Waals surface area (Å²) in [4.78, 5) is 15.3. The smallest absolute Gasteiger partial charge is 0.309 e. The van der Waals surface area contributed by atoms with Gasteiger partial charge in [0, 0.05) is 11.6 Å². The number of hydrogen-bond acceptors (Lipinski definition) is 3. The fourth-order valence-electron chi connectivity index (χ4n) is 1.51. The van der Waals surface area contributed by atoms with Crippen molar-refractivity contribution in [2.45, 2.75) is 6.42 Å². The van der Waals surface area contributed by atoms with Gasteiger partial charge < -0.3 is 4.74 Å². The van der Waals surface area contributed by atoms with E-state index < -0.39 is 0 Å². The molecular formula is C12H10ClNO2. The van der Waals surface area contributed by atoms with Crippen molar-refractivity contribution in [3.8, 4) is 0 Å². The Labute approximate surface area is 98.0 Å². The fraction of sp³-hybridized carbons (Fsp3) is 0.167. The molecule has 0 unspecified atom stereocenters. The third-order valence-electron chi connectivity index (χ3n) is 2.33. The van der Waals surface area contributed by atoms with Crippen molar-refractivity contribution in [2.75, 3.05) is 7.11 Å². The van der Waals surface area contributed by atoms with Gasteiger partial charge in [-0.05, 0) is 23.8 Å². The summed E-state index contributed by atoms with van der Waals surface area (Å²) in [5.41, 5.74) is 1.69. The summed E-state index contributed by atoms with van der Waals surface area (Å²) in [5.74, 6) is -0.264. The summed E-state index contributed by atoms with van der Waals surface area (Å²) in [7, 11) is 1.37. The van der Waals surface area contributed by atoms with Gasteiger partial charge >= 0.3 is 5.97 Å². The lowest BCUT2D eigenvalue weighted by atomic mass is 10.1. The van der Waals surface area contributed by atoms with Crippen molar-refractivity contribution in [3.63, 3.8) is 0 Å². The first kappa shape index (κ1) is 10.9. The molecule has 0 atom stereocenters. The summed E-state index contributed by atoms with van der Waals surface area (Å²) < 4.78 is 4.61. The van der Waals surface area contributed by atoms with Crippen LogP contribution in [0.1, 0.15) is 5.56 Å². The Kier molecular flexibility index (Phi) is 3.06. The lowest BCUT2D eigenvalue weighted by Crippen LogP contribution is -2.04. The van der Waals surface area contributed by atoms with E-state index in [-0.39, 0.29) is 12.4 Å². The van der Waals surface area contributed by atoms with Crippen LogP contribution in [0, 0.1) is 0 Å². The third kappa shape index (κ3) is 2.14. The summed E-state index contributed by atoms with van der Waals surface area (Å²) in [6.07, 6.45) is 1.91. The highest BCUT2D eigenvalue weighted by Gasteiger charge is 2.05. The first-order valence-electron chi connectivity index (χ1n) is 4.80. The minimum atomic E-state index is -0.264. The van der Waals surface area contributed by atoms with E-state index in [4.69, 9.17) is 11.6 Å². The van der Waals surface area contributed by atoms with Crippen LogP contribution in [0.5, 0.6) is 0 Å². The van der Waals surface area contributed by atoms with E-state index in [0.29, 0.717) is 5.02 Å². The molecule has 1 aromatic carbocycles. The molecule has 0 aliphatic rings. The summed E-state index contributed by atoms with van der Waals surface area (Å²) in [5, 5.41) is 1.49. The van der Waals surface area contributed by atoms with Crippen LogP contribution in [0.2, 0.25) is 5.02 Å². The van der Waals surface area contributed by atoms with E-state index in [0.717, 1.165) is 16.5 Å². The first-order valence-corrected chi connectivity index (χ1v) is 5.18. The van der Waals surface area contributed by atoms with Crippen LogP contribution in [0.4, 0.5) is 0 Å². The molecule has 16 heavy (non-hydrogen) atoms. The van der Waals surface area contributed by atoms with E-state index >= 15 is 0 Å². The van der Waals surface area contributed by atoms with Crippen molar-refractivity contribution in [3.05, 3.63) is 41.0 Å². The van der Waals surface area contributed by atoms with Gasteiger partial charge in [0.05, 0.1) is 24.1 Å². The van der Waals surface area contributed by atoms with Crippen LogP contribution in [0.15, 0.2) is 30.5 Å². The van der Waals surface area contributed by atoms with Crippen LogP contribution in [-0.2, 0) is 16.0 Å². The second-order valence-corrected chi connectivity index (χ2v) is 3.80. The molecule has 3 nitrogen and oxygen atoms in total. The van der Waals surface area contributed by atoms with Crippen molar-refractivity contribution in [1.29, 1.82) is 0 Å². The predicted octanol–water partition coefficient (Wildman–Crippen LogP) is 2.60. The Bertz CT molecular complexity index is 540. The Morgan fingerprint density at radius 1 is 1.44 bits per heavy atom. The van der Waals surface area contributed by atoms with Crippen LogP contribution >= 0.6 is 11.6 Å². The highest BCUT2D eigenvalue weighted by Crippen LogP contribution is 2.22. The summed E-state index contributed by atoms with van der Waals surface area (Å²) in [6, 6.07) is 7.29. The molecule has 0 spiro atoms. The molecule has 2 rings (SSSR count). The molecule has 0 N–H and O–H groups in total. The largest absolute Gasteiger partial charge is 0.469 e. The SMILES string of the molecule is COC(=O)Cc1ccc2nccc(Cl)c2c1. The number of nitrogens with zero attached hydrogens (tertiary/aromatic N) is 1. The van der Waals surface area contributed by atoms with Crippen molar-refractivity contribution in [1.82, 2.24) is 4.98 Å². The number of aromatic nitrogens is 1. The molecule has 1 aromatic heterocycles. The van der Waals surface area contributed by atoms with Crippen LogP contribution in [-0.4, -0.2) is 18.1 Å². The second-order valence-electron chi connectivity index (χ2n) is 3.40. The predicted molar refractivity (Wildman–Crippen MR) is 62.5 cm³/mol. The third-order valence-corrected chi connectivity index (χ3v) is 2.66. The molecule has 0 saturated heterocycles. The molecule has 0 amide bonds. The summed E-state index contributed by atoms with van der Waals surface area (Å²) in [6.45, 7) is 0. The maximum atomic E-state index is 11.1. The number of carbonyl (C=O) groups is 1. The number of fused-ring (bicyclic) bond motifs is 1. The van der Waals surface area contributed by atoms with E-state index in [1.165, 1.54) is 7.11 Å². The molecule has 0 saturated carbocycles. The lowest BCUT2D eigenvalue weighted by molar-refractivity contribution is -0.139. The summed E-state index contributed by atoms with van der Waals surface area (Å²) >= 11 is 6.04. The van der Waals surface area contributed by atoms with Gasteiger partial charge in [0.25, 0.3) is 0 Å². The first-order chi connectivity index (χ1) is 7.70. The van der Waals surface area contributed by atoms with Gasteiger partial charge in [0.1, 0.15) is 0 Å². The number of ether oxygens (including phenoxy) is 1. The molecule has 4 heteroatoms. The molecule has 0 bridgehead atoms. The fourth-order valence-corrected chi connectivity index (χ4v) is 1.72. The van der Waals surface area contributed by atoms with E-state index in [9.17, 15) is 4.79 Å². The molecule has 0 fully saturated rings. The lowest BCUT2D eigenvalue weighted by Gasteiger charge is -2.03. The standard InChI is InChI=1S/C12H10ClNO2/c1-16-12(15)7-8-2-3-11-9(6-8)10(13)4-5-14-11/h2-6H,7H2,1H3. The zero-order valence-electron chi connectivity index (χ0n) is 8.74. The zero-order chi connectivity index (χ0) is 11.5. The molecule has 82 valence electrons. The highest BCUT2D eigenvalue weighted by atomic mass is 35.5. The number of hydrogen-bond donors (Lipinski definition) is 0. The Morgan fingerprint density at radius 2 is 2.25 bits per heavy atom. The van der Waals surface area contributed by atoms with E-state index in [2.05, 4.69) is 9.72 Å². The number of carbonyl (C=O) groups excluding carboxylic acids is 1. The number of benzene rings is 1. The molecule has 2 aromatic rings. The van der Waals surface area contributed by atoms with Gasteiger partial charge in [-0.1, -0.05) is 17.7 Å². The second kappa shape index (κ2) is 4.49. The number of halogens is 1. The Balaban J connectivity index is 2.43. The van der Waals surface area contributed by atoms with Crippen molar-refractivity contribution >= 4 is 28.5 Å². The van der Waals surface area contributed by atoms with Crippen LogP contribution in [0.3, 0.4) is 0 Å². The number of pyridine rings is 1.